The molecule has 1 aromatic heterocycles. The normalized spacial score (nSPS) is 10.1. The predicted octanol–water partition coefficient (Wildman–Crippen LogP) is 1.27. The predicted molar refractivity (Wildman–Crippen MR) is 70.6 cm³/mol. The first-order valence-corrected chi connectivity index (χ1v) is 6.56. The third kappa shape index (κ3) is 6.74. The van der Waals surface area contributed by atoms with Gasteiger partial charge in [-0.15, -0.1) is 11.3 Å². The van der Waals surface area contributed by atoms with E-state index in [1.807, 2.05) is 11.4 Å². The maximum absolute atomic E-state index is 8.58. The zero-order valence-electron chi connectivity index (χ0n) is 10.5. The summed E-state index contributed by atoms with van der Waals surface area (Å²) in [6.07, 6.45) is 0. The number of hydrogen-bond donors (Lipinski definition) is 1. The first kappa shape index (κ1) is 15.2. The number of aliphatic hydroxyl groups is 1. The molecule has 1 rings (SSSR count). The Morgan fingerprint density at radius 2 is 2.00 bits per heavy atom. The van der Waals surface area contributed by atoms with Crippen molar-refractivity contribution in [2.75, 3.05) is 40.1 Å². The van der Waals surface area contributed by atoms with Crippen molar-refractivity contribution in [3.8, 4) is 11.8 Å². The topological polar surface area (TPSA) is 47.9 Å². The lowest BCUT2D eigenvalue weighted by molar-refractivity contribution is 0.0205. The number of methoxy groups -OCH3 is 1. The molecule has 0 unspecified atom stereocenters. The first-order chi connectivity index (χ1) is 8.86. The summed E-state index contributed by atoms with van der Waals surface area (Å²) in [5.74, 6) is 5.47. The van der Waals surface area contributed by atoms with Crippen LogP contribution >= 0.6 is 11.3 Å². The van der Waals surface area contributed by atoms with Gasteiger partial charge in [0.05, 0.1) is 33.0 Å². The summed E-state index contributed by atoms with van der Waals surface area (Å²) < 4.78 is 15.6. The molecule has 0 spiro atoms. The van der Waals surface area contributed by atoms with Gasteiger partial charge in [0.2, 0.25) is 0 Å². The Bertz CT molecular complexity index is 378. The quantitative estimate of drug-likeness (QED) is 0.571. The minimum absolute atomic E-state index is 0.111. The van der Waals surface area contributed by atoms with E-state index in [9.17, 15) is 0 Å². The molecule has 0 aliphatic heterocycles. The van der Waals surface area contributed by atoms with Crippen molar-refractivity contribution in [1.82, 2.24) is 0 Å². The zero-order chi connectivity index (χ0) is 13.1. The minimum Gasteiger partial charge on any atom is -0.384 e. The summed E-state index contributed by atoms with van der Waals surface area (Å²) >= 11 is 1.60. The Morgan fingerprint density at radius 1 is 1.22 bits per heavy atom. The number of rotatable bonds is 8. The van der Waals surface area contributed by atoms with Crippen molar-refractivity contribution in [2.24, 2.45) is 0 Å². The average Bonchev–Trinajstić information content (AvgIpc) is 2.83. The van der Waals surface area contributed by atoms with Gasteiger partial charge in [0.1, 0.15) is 6.61 Å². The van der Waals surface area contributed by atoms with E-state index in [4.69, 9.17) is 19.3 Å². The van der Waals surface area contributed by atoms with Crippen LogP contribution in [0.25, 0.3) is 0 Å². The molecular weight excluding hydrogens is 252 g/mol. The van der Waals surface area contributed by atoms with Crippen molar-refractivity contribution < 1.29 is 19.3 Å². The van der Waals surface area contributed by atoms with E-state index in [-0.39, 0.29) is 6.61 Å². The van der Waals surface area contributed by atoms with E-state index < -0.39 is 0 Å². The van der Waals surface area contributed by atoms with Crippen LogP contribution in [0.15, 0.2) is 11.4 Å². The van der Waals surface area contributed by atoms with E-state index in [1.54, 1.807) is 18.4 Å². The molecule has 1 heterocycles. The van der Waals surface area contributed by atoms with Gasteiger partial charge in [-0.25, -0.2) is 0 Å². The minimum atomic E-state index is -0.111. The monoisotopic (exact) mass is 270 g/mol. The molecule has 0 aliphatic rings. The molecule has 0 fully saturated rings. The first-order valence-electron chi connectivity index (χ1n) is 5.68. The Morgan fingerprint density at radius 3 is 2.78 bits per heavy atom. The lowest BCUT2D eigenvalue weighted by atomic mass is 10.3. The summed E-state index contributed by atoms with van der Waals surface area (Å²) in [6.45, 7) is 2.81. The fourth-order valence-corrected chi connectivity index (χ4v) is 1.95. The van der Waals surface area contributed by atoms with E-state index in [1.165, 1.54) is 0 Å². The molecule has 0 saturated heterocycles. The fourth-order valence-electron chi connectivity index (χ4n) is 1.20. The lowest BCUT2D eigenvalue weighted by Crippen LogP contribution is -2.07. The molecule has 0 atom stereocenters. The molecule has 18 heavy (non-hydrogen) atoms. The van der Waals surface area contributed by atoms with Gasteiger partial charge in [-0.05, 0) is 6.07 Å². The van der Waals surface area contributed by atoms with Crippen LogP contribution in [0.3, 0.4) is 0 Å². The van der Waals surface area contributed by atoms with Crippen molar-refractivity contribution >= 4 is 11.3 Å². The summed E-state index contributed by atoms with van der Waals surface area (Å²) in [4.78, 5) is 1.12. The van der Waals surface area contributed by atoms with Crippen molar-refractivity contribution in [1.29, 1.82) is 0 Å². The van der Waals surface area contributed by atoms with Crippen LogP contribution in [0.1, 0.15) is 10.4 Å². The van der Waals surface area contributed by atoms with Gasteiger partial charge in [-0.3, -0.25) is 0 Å². The molecule has 100 valence electrons. The second kappa shape index (κ2) is 10.1. The van der Waals surface area contributed by atoms with Gasteiger partial charge >= 0.3 is 0 Å². The van der Waals surface area contributed by atoms with Gasteiger partial charge in [0.15, 0.2) is 0 Å². The second-order valence-corrected chi connectivity index (χ2v) is 4.42. The van der Waals surface area contributed by atoms with Gasteiger partial charge in [-0.2, -0.15) is 0 Å². The molecular formula is C13H18O4S. The second-order valence-electron chi connectivity index (χ2n) is 3.42. The van der Waals surface area contributed by atoms with Crippen LogP contribution in [-0.4, -0.2) is 45.3 Å². The highest BCUT2D eigenvalue weighted by Gasteiger charge is 1.98. The van der Waals surface area contributed by atoms with Gasteiger partial charge in [0, 0.05) is 22.9 Å². The molecule has 4 nitrogen and oxygen atoms in total. The fraction of sp³-hybridized carbons (Fsp3) is 0.538. The van der Waals surface area contributed by atoms with Crippen LogP contribution < -0.4 is 0 Å². The summed E-state index contributed by atoms with van der Waals surface area (Å²) in [5.41, 5.74) is 0.920. The van der Waals surface area contributed by atoms with Crippen molar-refractivity contribution in [3.63, 3.8) is 0 Å². The number of hydrogen-bond acceptors (Lipinski definition) is 5. The molecule has 0 radical (unpaired) electrons. The van der Waals surface area contributed by atoms with Crippen LogP contribution in [0.5, 0.6) is 0 Å². The third-order valence-corrected chi connectivity index (χ3v) is 2.92. The van der Waals surface area contributed by atoms with Gasteiger partial charge in [-0.1, -0.05) is 11.8 Å². The molecule has 0 aliphatic carbocycles. The molecule has 0 bridgehead atoms. The molecule has 5 heteroatoms. The number of thiophene rings is 1. The summed E-state index contributed by atoms with van der Waals surface area (Å²) in [6, 6.07) is 1.97. The van der Waals surface area contributed by atoms with E-state index in [0.29, 0.717) is 33.0 Å². The molecule has 0 amide bonds. The molecule has 0 aromatic carbocycles. The highest BCUT2D eigenvalue weighted by atomic mass is 32.1. The van der Waals surface area contributed by atoms with Crippen LogP contribution in [0.4, 0.5) is 0 Å². The summed E-state index contributed by atoms with van der Waals surface area (Å²) in [7, 11) is 1.65. The maximum Gasteiger partial charge on any atom is 0.104 e. The van der Waals surface area contributed by atoms with E-state index in [2.05, 4.69) is 11.8 Å². The third-order valence-electron chi connectivity index (χ3n) is 2.01. The number of aliphatic hydroxyl groups excluding tert-OH is 1. The highest BCUT2D eigenvalue weighted by molar-refractivity contribution is 7.10. The van der Waals surface area contributed by atoms with E-state index in [0.717, 1.165) is 10.4 Å². The van der Waals surface area contributed by atoms with Crippen molar-refractivity contribution in [2.45, 2.75) is 6.61 Å². The van der Waals surface area contributed by atoms with E-state index >= 15 is 0 Å². The molecule has 1 aromatic rings. The van der Waals surface area contributed by atoms with Gasteiger partial charge < -0.3 is 19.3 Å². The van der Waals surface area contributed by atoms with Gasteiger partial charge in [0.25, 0.3) is 0 Å². The Hall–Kier alpha value is -0.900. The zero-order valence-corrected chi connectivity index (χ0v) is 11.3. The summed E-state index contributed by atoms with van der Waals surface area (Å²) in [5, 5.41) is 10.5. The maximum atomic E-state index is 8.58. The van der Waals surface area contributed by atoms with Crippen LogP contribution in [0.2, 0.25) is 0 Å². The lowest BCUT2D eigenvalue weighted by Gasteiger charge is -2.04. The molecule has 1 N–H and O–H groups in total. The number of ether oxygens (including phenoxy) is 3. The average molecular weight is 270 g/mol. The van der Waals surface area contributed by atoms with Crippen molar-refractivity contribution in [3.05, 3.63) is 21.9 Å². The van der Waals surface area contributed by atoms with Crippen LogP contribution in [0, 0.1) is 11.8 Å². The Labute approximate surface area is 111 Å². The molecule has 0 saturated carbocycles. The SMILES string of the molecule is COCCOCCOCc1cc(C#CCO)cs1. The Kier molecular flexibility index (Phi) is 8.47. The smallest absolute Gasteiger partial charge is 0.104 e. The Balaban J connectivity index is 2.10. The van der Waals surface area contributed by atoms with Crippen LogP contribution in [-0.2, 0) is 20.8 Å². The largest absolute Gasteiger partial charge is 0.384 e. The highest BCUT2D eigenvalue weighted by Crippen LogP contribution is 2.14. The standard InChI is InChI=1S/C13H18O4S/c1-15-5-6-16-7-8-17-10-13-9-12(11-18-13)3-2-4-14/h9,11,14H,4-8,10H2,1H3.